The number of halogens is 4. The molecular formula is C14H8F4N2. The molecule has 102 valence electrons. The molecule has 0 fully saturated rings. The Balaban J connectivity index is 1.98. The SMILES string of the molecule is Fc1ccc(Cc2nc3c(F)c(F)ccc3[nH]2)cc1F. The maximum atomic E-state index is 13.5. The molecule has 0 amide bonds. The van der Waals surface area contributed by atoms with Crippen molar-refractivity contribution in [3.63, 3.8) is 0 Å². The van der Waals surface area contributed by atoms with Gasteiger partial charge in [-0.25, -0.2) is 22.5 Å². The second kappa shape index (κ2) is 4.63. The third-order valence-electron chi connectivity index (χ3n) is 2.95. The number of hydrogen-bond donors (Lipinski definition) is 1. The zero-order valence-electron chi connectivity index (χ0n) is 10.1. The van der Waals surface area contributed by atoms with Crippen molar-refractivity contribution in [2.24, 2.45) is 0 Å². The molecule has 2 aromatic carbocycles. The molecule has 0 atom stereocenters. The lowest BCUT2D eigenvalue weighted by Gasteiger charge is -1.99. The van der Waals surface area contributed by atoms with E-state index in [9.17, 15) is 17.6 Å². The van der Waals surface area contributed by atoms with Crippen LogP contribution in [0.5, 0.6) is 0 Å². The fraction of sp³-hybridized carbons (Fsp3) is 0.0714. The van der Waals surface area contributed by atoms with E-state index in [4.69, 9.17) is 0 Å². The molecular weight excluding hydrogens is 272 g/mol. The van der Waals surface area contributed by atoms with Crippen molar-refractivity contribution in [1.29, 1.82) is 0 Å². The van der Waals surface area contributed by atoms with Gasteiger partial charge in [-0.1, -0.05) is 6.07 Å². The third kappa shape index (κ3) is 2.13. The van der Waals surface area contributed by atoms with Gasteiger partial charge in [0, 0.05) is 6.42 Å². The van der Waals surface area contributed by atoms with Crippen LogP contribution in [0.4, 0.5) is 17.6 Å². The monoisotopic (exact) mass is 280 g/mol. The first kappa shape index (κ1) is 12.7. The Morgan fingerprint density at radius 2 is 1.65 bits per heavy atom. The zero-order chi connectivity index (χ0) is 14.3. The summed E-state index contributed by atoms with van der Waals surface area (Å²) >= 11 is 0. The zero-order valence-corrected chi connectivity index (χ0v) is 10.1. The molecule has 0 aliphatic carbocycles. The molecule has 1 N–H and O–H groups in total. The van der Waals surface area contributed by atoms with Crippen LogP contribution in [0.15, 0.2) is 30.3 Å². The van der Waals surface area contributed by atoms with Crippen LogP contribution in [-0.4, -0.2) is 9.97 Å². The topological polar surface area (TPSA) is 28.7 Å². The Bertz CT molecular complexity index is 795. The highest BCUT2D eigenvalue weighted by molar-refractivity contribution is 5.75. The second-order valence-electron chi connectivity index (χ2n) is 4.37. The van der Waals surface area contributed by atoms with E-state index in [1.165, 1.54) is 12.1 Å². The molecule has 0 unspecified atom stereocenters. The van der Waals surface area contributed by atoms with Gasteiger partial charge >= 0.3 is 0 Å². The molecule has 0 aliphatic rings. The van der Waals surface area contributed by atoms with E-state index in [0.29, 0.717) is 16.9 Å². The van der Waals surface area contributed by atoms with Crippen LogP contribution in [0.2, 0.25) is 0 Å². The molecule has 0 radical (unpaired) electrons. The average Bonchev–Trinajstić information content (AvgIpc) is 2.82. The van der Waals surface area contributed by atoms with Gasteiger partial charge < -0.3 is 4.98 Å². The quantitative estimate of drug-likeness (QED) is 0.712. The summed E-state index contributed by atoms with van der Waals surface area (Å²) in [5.41, 5.74) is 0.716. The van der Waals surface area contributed by atoms with Crippen molar-refractivity contribution in [3.05, 3.63) is 65.0 Å². The van der Waals surface area contributed by atoms with E-state index in [0.717, 1.165) is 18.2 Å². The van der Waals surface area contributed by atoms with Gasteiger partial charge in [0.2, 0.25) is 0 Å². The number of H-pyrrole nitrogens is 1. The maximum absolute atomic E-state index is 13.5. The number of nitrogens with one attached hydrogen (secondary N) is 1. The Kier molecular flexibility index (Phi) is 2.93. The van der Waals surface area contributed by atoms with Crippen LogP contribution in [0.3, 0.4) is 0 Å². The smallest absolute Gasteiger partial charge is 0.186 e. The van der Waals surface area contributed by atoms with Gasteiger partial charge in [-0.15, -0.1) is 0 Å². The summed E-state index contributed by atoms with van der Waals surface area (Å²) in [5, 5.41) is 0. The van der Waals surface area contributed by atoms with Crippen LogP contribution < -0.4 is 0 Å². The van der Waals surface area contributed by atoms with Gasteiger partial charge in [0.15, 0.2) is 23.3 Å². The van der Waals surface area contributed by atoms with Crippen molar-refractivity contribution in [2.75, 3.05) is 0 Å². The second-order valence-corrected chi connectivity index (χ2v) is 4.37. The number of fused-ring (bicyclic) bond motifs is 1. The van der Waals surface area contributed by atoms with Crippen LogP contribution >= 0.6 is 0 Å². The first-order valence-electron chi connectivity index (χ1n) is 5.81. The van der Waals surface area contributed by atoms with Crippen molar-refractivity contribution in [2.45, 2.75) is 6.42 Å². The number of aromatic nitrogens is 2. The van der Waals surface area contributed by atoms with Crippen molar-refractivity contribution < 1.29 is 17.6 Å². The van der Waals surface area contributed by atoms with E-state index in [1.54, 1.807) is 0 Å². The molecule has 3 rings (SSSR count). The number of aromatic amines is 1. The van der Waals surface area contributed by atoms with Crippen LogP contribution in [-0.2, 0) is 6.42 Å². The lowest BCUT2D eigenvalue weighted by atomic mass is 10.1. The summed E-state index contributed by atoms with van der Waals surface area (Å²) in [7, 11) is 0. The Morgan fingerprint density at radius 1 is 0.900 bits per heavy atom. The van der Waals surface area contributed by atoms with E-state index in [-0.39, 0.29) is 11.9 Å². The highest BCUT2D eigenvalue weighted by Crippen LogP contribution is 2.20. The lowest BCUT2D eigenvalue weighted by Crippen LogP contribution is -1.93. The van der Waals surface area contributed by atoms with Gasteiger partial charge in [0.05, 0.1) is 5.52 Å². The number of nitrogens with zero attached hydrogens (tertiary/aromatic N) is 1. The molecule has 0 saturated heterocycles. The number of rotatable bonds is 2. The molecule has 0 bridgehead atoms. The van der Waals surface area contributed by atoms with Crippen LogP contribution in [0, 0.1) is 23.3 Å². The maximum Gasteiger partial charge on any atom is 0.186 e. The summed E-state index contributed by atoms with van der Waals surface area (Å²) in [5.74, 6) is -3.57. The molecule has 3 aromatic rings. The standard InChI is InChI=1S/C14H8F4N2/c15-8-2-1-7(5-10(8)17)6-12-19-11-4-3-9(16)13(18)14(11)20-12/h1-5H,6H2,(H,19,20). The van der Waals surface area contributed by atoms with Gasteiger partial charge in [-0.2, -0.15) is 0 Å². The first-order valence-corrected chi connectivity index (χ1v) is 5.81. The predicted octanol–water partition coefficient (Wildman–Crippen LogP) is 3.71. The summed E-state index contributed by atoms with van der Waals surface area (Å²) in [4.78, 5) is 6.75. The number of benzene rings is 2. The number of imidazole rings is 1. The molecule has 6 heteroatoms. The van der Waals surface area contributed by atoms with E-state index < -0.39 is 23.3 Å². The fourth-order valence-corrected chi connectivity index (χ4v) is 2.00. The van der Waals surface area contributed by atoms with Crippen molar-refractivity contribution in [1.82, 2.24) is 9.97 Å². The lowest BCUT2D eigenvalue weighted by molar-refractivity contribution is 0.507. The molecule has 0 saturated carbocycles. The van der Waals surface area contributed by atoms with E-state index >= 15 is 0 Å². The summed E-state index contributed by atoms with van der Waals surface area (Å²) in [6.07, 6.45) is 0.160. The Hall–Kier alpha value is -2.37. The molecule has 0 spiro atoms. The molecule has 0 aliphatic heterocycles. The minimum atomic E-state index is -1.03. The van der Waals surface area contributed by atoms with Crippen LogP contribution in [0.1, 0.15) is 11.4 Å². The summed E-state index contributed by atoms with van der Waals surface area (Å²) in [6.45, 7) is 0. The Morgan fingerprint density at radius 3 is 2.40 bits per heavy atom. The average molecular weight is 280 g/mol. The minimum absolute atomic E-state index is 0.109. The van der Waals surface area contributed by atoms with Crippen LogP contribution in [0.25, 0.3) is 11.0 Å². The molecule has 1 aromatic heterocycles. The highest BCUT2D eigenvalue weighted by atomic mass is 19.2. The summed E-state index contributed by atoms with van der Waals surface area (Å²) in [6, 6.07) is 5.82. The largest absolute Gasteiger partial charge is 0.342 e. The number of hydrogen-bond acceptors (Lipinski definition) is 1. The van der Waals surface area contributed by atoms with E-state index in [2.05, 4.69) is 9.97 Å². The van der Waals surface area contributed by atoms with Gasteiger partial charge in [-0.05, 0) is 29.8 Å². The fourth-order valence-electron chi connectivity index (χ4n) is 2.00. The normalized spacial score (nSPS) is 11.2. The van der Waals surface area contributed by atoms with Gasteiger partial charge in [0.1, 0.15) is 11.3 Å². The predicted molar refractivity (Wildman–Crippen MR) is 65.2 cm³/mol. The third-order valence-corrected chi connectivity index (χ3v) is 2.95. The van der Waals surface area contributed by atoms with Gasteiger partial charge in [-0.3, -0.25) is 0 Å². The van der Waals surface area contributed by atoms with E-state index in [1.807, 2.05) is 0 Å². The first-order chi connectivity index (χ1) is 9.54. The summed E-state index contributed by atoms with van der Waals surface area (Å²) < 4.78 is 52.5. The molecule has 2 nitrogen and oxygen atoms in total. The van der Waals surface area contributed by atoms with Crippen molar-refractivity contribution in [3.8, 4) is 0 Å². The Labute approximate surface area is 111 Å². The molecule has 20 heavy (non-hydrogen) atoms. The van der Waals surface area contributed by atoms with Crippen molar-refractivity contribution >= 4 is 11.0 Å². The van der Waals surface area contributed by atoms with Gasteiger partial charge in [0.25, 0.3) is 0 Å². The highest BCUT2D eigenvalue weighted by Gasteiger charge is 2.12. The minimum Gasteiger partial charge on any atom is -0.342 e. The molecule has 1 heterocycles.